The Kier molecular flexibility index (Phi) is 5.33. The smallest absolute Gasteiger partial charge is 0.369 e. The van der Waals surface area contributed by atoms with Gasteiger partial charge in [0.05, 0.1) is 23.2 Å². The van der Waals surface area contributed by atoms with E-state index in [4.69, 9.17) is 11.5 Å². The van der Waals surface area contributed by atoms with Crippen LogP contribution in [-0.2, 0) is 6.18 Å². The topological polar surface area (TPSA) is 94.1 Å². The minimum Gasteiger partial charge on any atom is -0.369 e. The van der Waals surface area contributed by atoms with Crippen molar-refractivity contribution < 1.29 is 13.2 Å². The lowest BCUT2D eigenvalue weighted by atomic mass is 10.1. The first-order valence-electron chi connectivity index (χ1n) is 6.61. The first-order valence-corrected chi connectivity index (χ1v) is 7.49. The Hall–Kier alpha value is -2.59. The fraction of sp³-hybridized carbons (Fsp3) is 0.0714. The van der Waals surface area contributed by atoms with Crippen LogP contribution in [-0.4, -0.2) is 21.6 Å². The van der Waals surface area contributed by atoms with Crippen molar-refractivity contribution >= 4 is 40.9 Å². The number of aromatic nitrogens is 2. The molecule has 3 rings (SSSR count). The molecule has 0 aliphatic carbocycles. The highest BCUT2D eigenvalue weighted by molar-refractivity contribution is 7.15. The molecule has 1 aromatic carbocycles. The molecule has 0 spiro atoms. The molecule has 2 heterocycles. The van der Waals surface area contributed by atoms with E-state index in [1.807, 2.05) is 0 Å². The van der Waals surface area contributed by atoms with Gasteiger partial charge >= 0.3 is 6.18 Å². The normalized spacial score (nSPS) is 11.6. The quantitative estimate of drug-likeness (QED) is 0.410. The summed E-state index contributed by atoms with van der Waals surface area (Å²) in [7, 11) is 0. The molecule has 0 bridgehead atoms. The average molecular weight is 389 g/mol. The number of hydrogen-bond donors (Lipinski definition) is 2. The van der Waals surface area contributed by atoms with Gasteiger partial charge in [0.2, 0.25) is 5.96 Å². The Morgan fingerprint density at radius 1 is 1.28 bits per heavy atom. The molecule has 2 aromatic heterocycles. The highest BCUT2D eigenvalue weighted by atomic mass is 35.5. The molecule has 4 N–H and O–H groups in total. The van der Waals surface area contributed by atoms with E-state index in [0.717, 1.165) is 12.1 Å². The van der Waals surface area contributed by atoms with Crippen LogP contribution in [0.5, 0.6) is 0 Å². The SMILES string of the molecule is Cl.NC(N)=N/N=C\c1c(-c2cccc(C(F)(F)F)c2)nc2sccn12. The first-order chi connectivity index (χ1) is 11.4. The Morgan fingerprint density at radius 2 is 2.04 bits per heavy atom. The molecule has 11 heteroatoms. The van der Waals surface area contributed by atoms with Gasteiger partial charge in [-0.3, -0.25) is 4.40 Å². The molecule has 0 unspecified atom stereocenters. The van der Waals surface area contributed by atoms with Gasteiger partial charge in [0.1, 0.15) is 0 Å². The van der Waals surface area contributed by atoms with E-state index in [1.54, 1.807) is 22.0 Å². The van der Waals surface area contributed by atoms with Gasteiger partial charge in [-0.2, -0.15) is 18.3 Å². The third kappa shape index (κ3) is 3.91. The number of nitrogens with zero attached hydrogens (tertiary/aromatic N) is 4. The number of guanidine groups is 1. The second-order valence-electron chi connectivity index (χ2n) is 4.75. The third-order valence-electron chi connectivity index (χ3n) is 3.12. The maximum absolute atomic E-state index is 12.9. The number of nitrogens with two attached hydrogens (primary N) is 2. The number of fused-ring (bicyclic) bond motifs is 1. The van der Waals surface area contributed by atoms with Crippen LogP contribution in [0.25, 0.3) is 16.2 Å². The van der Waals surface area contributed by atoms with Crippen LogP contribution in [0.2, 0.25) is 0 Å². The molecule has 0 aliphatic rings. The molecule has 0 saturated carbocycles. The van der Waals surface area contributed by atoms with Crippen molar-refractivity contribution in [1.82, 2.24) is 9.38 Å². The van der Waals surface area contributed by atoms with Gasteiger partial charge in [-0.05, 0) is 12.1 Å². The monoisotopic (exact) mass is 388 g/mol. The van der Waals surface area contributed by atoms with Crippen LogP contribution in [0.3, 0.4) is 0 Å². The maximum Gasteiger partial charge on any atom is 0.416 e. The van der Waals surface area contributed by atoms with Gasteiger partial charge in [0, 0.05) is 17.1 Å². The fourth-order valence-electron chi connectivity index (χ4n) is 2.13. The van der Waals surface area contributed by atoms with Crippen LogP contribution in [0.4, 0.5) is 13.2 Å². The summed E-state index contributed by atoms with van der Waals surface area (Å²) in [4.78, 5) is 4.99. The lowest BCUT2D eigenvalue weighted by Gasteiger charge is -2.08. The molecule has 0 aliphatic heterocycles. The summed E-state index contributed by atoms with van der Waals surface area (Å²) in [5.41, 5.74) is 10.8. The van der Waals surface area contributed by atoms with Crippen LogP contribution in [0.1, 0.15) is 11.3 Å². The molecule has 0 fully saturated rings. The summed E-state index contributed by atoms with van der Waals surface area (Å²) in [6.07, 6.45) is -1.34. The van der Waals surface area contributed by atoms with Crippen molar-refractivity contribution in [2.45, 2.75) is 6.18 Å². The molecule has 25 heavy (non-hydrogen) atoms. The molecule has 6 nitrogen and oxygen atoms in total. The number of halogens is 4. The van der Waals surface area contributed by atoms with E-state index >= 15 is 0 Å². The van der Waals surface area contributed by atoms with Gasteiger partial charge in [0.15, 0.2) is 4.96 Å². The first kappa shape index (κ1) is 18.7. The third-order valence-corrected chi connectivity index (χ3v) is 3.87. The highest BCUT2D eigenvalue weighted by Gasteiger charge is 2.30. The molecule has 3 aromatic rings. The maximum atomic E-state index is 12.9. The standard InChI is InChI=1S/C14H11F3N6S.ClH/c15-14(16,17)9-3-1-2-8(6-9)11-10(7-20-22-12(18)19)23-4-5-24-13(23)21-11;/h1-7H,(H4,18,19,22);1H/b20-7-;. The van der Waals surface area contributed by atoms with E-state index in [2.05, 4.69) is 15.2 Å². The van der Waals surface area contributed by atoms with Gasteiger partial charge in [-0.1, -0.05) is 12.1 Å². The van der Waals surface area contributed by atoms with Crippen molar-refractivity contribution in [2.75, 3.05) is 0 Å². The van der Waals surface area contributed by atoms with Crippen molar-refractivity contribution in [3.05, 3.63) is 47.1 Å². The van der Waals surface area contributed by atoms with Crippen LogP contribution in [0.15, 0.2) is 46.0 Å². The minimum absolute atomic E-state index is 0. The number of benzene rings is 1. The fourth-order valence-corrected chi connectivity index (χ4v) is 2.85. The summed E-state index contributed by atoms with van der Waals surface area (Å²) in [5, 5.41) is 9.04. The lowest BCUT2D eigenvalue weighted by Crippen LogP contribution is -2.21. The summed E-state index contributed by atoms with van der Waals surface area (Å²) >= 11 is 1.35. The second-order valence-corrected chi connectivity index (χ2v) is 5.62. The summed E-state index contributed by atoms with van der Waals surface area (Å²) in [6.45, 7) is 0. The van der Waals surface area contributed by atoms with E-state index in [-0.39, 0.29) is 18.4 Å². The largest absolute Gasteiger partial charge is 0.416 e. The van der Waals surface area contributed by atoms with Gasteiger partial charge in [-0.15, -0.1) is 28.8 Å². The number of imidazole rings is 1. The zero-order chi connectivity index (χ0) is 17.3. The van der Waals surface area contributed by atoms with Crippen molar-refractivity contribution in [3.8, 4) is 11.3 Å². The highest BCUT2D eigenvalue weighted by Crippen LogP contribution is 2.33. The van der Waals surface area contributed by atoms with Crippen LogP contribution >= 0.6 is 23.7 Å². The number of thiazole rings is 1. The van der Waals surface area contributed by atoms with Gasteiger partial charge in [0.25, 0.3) is 0 Å². The molecule has 0 atom stereocenters. The van der Waals surface area contributed by atoms with Crippen LogP contribution in [0, 0.1) is 0 Å². The molecule has 132 valence electrons. The Labute approximate surface area is 150 Å². The van der Waals surface area contributed by atoms with E-state index in [9.17, 15) is 13.2 Å². The minimum atomic E-state index is -4.43. The summed E-state index contributed by atoms with van der Waals surface area (Å²) in [5.74, 6) is -0.224. The summed E-state index contributed by atoms with van der Waals surface area (Å²) < 4.78 is 40.5. The predicted molar refractivity (Wildman–Crippen MR) is 94.2 cm³/mol. The molecular weight excluding hydrogens is 377 g/mol. The zero-order valence-corrected chi connectivity index (χ0v) is 14.1. The van der Waals surface area contributed by atoms with Crippen LogP contribution < -0.4 is 11.5 Å². The average Bonchev–Trinajstić information content (AvgIpc) is 3.08. The number of rotatable bonds is 3. The lowest BCUT2D eigenvalue weighted by molar-refractivity contribution is -0.137. The Morgan fingerprint density at radius 3 is 2.72 bits per heavy atom. The molecule has 0 amide bonds. The number of alkyl halides is 3. The van der Waals surface area contributed by atoms with E-state index in [0.29, 0.717) is 21.9 Å². The van der Waals surface area contributed by atoms with Crippen molar-refractivity contribution in [1.29, 1.82) is 0 Å². The van der Waals surface area contributed by atoms with Gasteiger partial charge in [-0.25, -0.2) is 4.98 Å². The Bertz CT molecular complexity index is 940. The summed E-state index contributed by atoms with van der Waals surface area (Å²) in [6, 6.07) is 4.95. The zero-order valence-electron chi connectivity index (χ0n) is 12.4. The second kappa shape index (κ2) is 7.11. The molecule has 0 saturated heterocycles. The van der Waals surface area contributed by atoms with E-state index < -0.39 is 11.7 Å². The van der Waals surface area contributed by atoms with Crippen molar-refractivity contribution in [3.63, 3.8) is 0 Å². The Balaban J connectivity index is 0.00000225. The predicted octanol–water partition coefficient (Wildman–Crippen LogP) is 3.11. The number of hydrogen-bond acceptors (Lipinski definition) is 4. The molecular formula is C14H12ClF3N6S. The van der Waals surface area contributed by atoms with E-state index in [1.165, 1.54) is 23.6 Å². The van der Waals surface area contributed by atoms with Gasteiger partial charge < -0.3 is 11.5 Å². The van der Waals surface area contributed by atoms with Crippen molar-refractivity contribution in [2.24, 2.45) is 21.7 Å². The molecule has 0 radical (unpaired) electrons.